The molecule has 22 heavy (non-hydrogen) atoms. The van der Waals surface area contributed by atoms with E-state index in [1.54, 1.807) is 0 Å². The van der Waals surface area contributed by atoms with Gasteiger partial charge in [-0.05, 0) is 57.2 Å². The lowest BCUT2D eigenvalue weighted by molar-refractivity contribution is -0.156. The van der Waals surface area contributed by atoms with Crippen molar-refractivity contribution in [1.82, 2.24) is 0 Å². The van der Waals surface area contributed by atoms with Crippen LogP contribution in [0, 0.1) is 5.41 Å². The first-order valence-electron chi connectivity index (χ1n) is 7.71. The molecule has 1 atom stereocenters. The minimum absolute atomic E-state index is 0.163. The van der Waals surface area contributed by atoms with Crippen molar-refractivity contribution in [3.8, 4) is 0 Å². The molecule has 0 radical (unpaired) electrons. The van der Waals surface area contributed by atoms with Crippen molar-refractivity contribution in [2.24, 2.45) is 5.41 Å². The first kappa shape index (κ1) is 18.8. The van der Waals surface area contributed by atoms with Crippen molar-refractivity contribution in [2.45, 2.75) is 66.0 Å². The molecule has 0 aliphatic carbocycles. The van der Waals surface area contributed by atoms with Crippen molar-refractivity contribution in [1.29, 1.82) is 0 Å². The predicted molar refractivity (Wildman–Crippen MR) is 93.4 cm³/mol. The molecule has 4 heteroatoms. The van der Waals surface area contributed by atoms with E-state index >= 15 is 0 Å². The third kappa shape index (κ3) is 7.69. The van der Waals surface area contributed by atoms with Crippen LogP contribution in [0.2, 0.25) is 5.02 Å². The van der Waals surface area contributed by atoms with Gasteiger partial charge < -0.3 is 10.1 Å². The zero-order valence-corrected chi connectivity index (χ0v) is 15.3. The molecule has 0 unspecified atom stereocenters. The number of carbonyl (C=O) groups excluding carboxylic acids is 1. The van der Waals surface area contributed by atoms with E-state index in [-0.39, 0.29) is 17.4 Å². The summed E-state index contributed by atoms with van der Waals surface area (Å²) in [6, 6.07) is 7.01. The highest BCUT2D eigenvalue weighted by Crippen LogP contribution is 2.25. The summed E-state index contributed by atoms with van der Waals surface area (Å²) in [7, 11) is 0. The Balaban J connectivity index is 2.83. The van der Waals surface area contributed by atoms with Gasteiger partial charge in [-0.2, -0.15) is 0 Å². The van der Waals surface area contributed by atoms with E-state index in [1.807, 2.05) is 45.0 Å². The van der Waals surface area contributed by atoms with Crippen LogP contribution in [0.4, 0.5) is 5.69 Å². The van der Waals surface area contributed by atoms with Gasteiger partial charge in [-0.15, -0.1) is 0 Å². The predicted octanol–water partition coefficient (Wildman–Crippen LogP) is 5.29. The quantitative estimate of drug-likeness (QED) is 0.748. The molecule has 1 rings (SSSR count). The summed E-state index contributed by atoms with van der Waals surface area (Å²) >= 11 is 6.01. The van der Waals surface area contributed by atoms with Gasteiger partial charge in [-0.25, -0.2) is 4.79 Å². The molecule has 0 aliphatic rings. The lowest BCUT2D eigenvalue weighted by Crippen LogP contribution is -2.37. The van der Waals surface area contributed by atoms with Gasteiger partial charge in [0.25, 0.3) is 0 Å². The first-order chi connectivity index (χ1) is 9.96. The van der Waals surface area contributed by atoms with Crippen LogP contribution in [0.1, 0.15) is 54.4 Å². The molecule has 0 aromatic heterocycles. The summed E-state index contributed by atoms with van der Waals surface area (Å²) < 4.78 is 5.53. The number of ether oxygens (including phenoxy) is 1. The second-order valence-corrected chi connectivity index (χ2v) is 8.28. The normalized spacial score (nSPS) is 13.6. The van der Waals surface area contributed by atoms with Gasteiger partial charge in [0.2, 0.25) is 0 Å². The summed E-state index contributed by atoms with van der Waals surface area (Å²) in [4.78, 5) is 12.4. The SMILES string of the molecule is CC(C)(C)CC[C@H](Nc1cccc(Cl)c1)C(=O)OC(C)(C)C. The first-order valence-corrected chi connectivity index (χ1v) is 8.09. The second-order valence-electron chi connectivity index (χ2n) is 7.84. The van der Waals surface area contributed by atoms with Gasteiger partial charge in [-0.1, -0.05) is 38.4 Å². The fourth-order valence-corrected chi connectivity index (χ4v) is 2.17. The number of rotatable bonds is 5. The topological polar surface area (TPSA) is 38.3 Å². The van der Waals surface area contributed by atoms with Crippen LogP contribution in [0.15, 0.2) is 24.3 Å². The standard InChI is InChI=1S/C18H28ClNO2/c1-17(2,3)11-10-15(16(21)22-18(4,5)6)20-14-9-7-8-13(19)12-14/h7-9,12,15,20H,10-11H2,1-6H3/t15-/m0/s1. The summed E-state index contributed by atoms with van der Waals surface area (Å²) in [5.74, 6) is -0.225. The Morgan fingerprint density at radius 2 is 1.86 bits per heavy atom. The number of halogens is 1. The van der Waals surface area contributed by atoms with Crippen molar-refractivity contribution in [3.05, 3.63) is 29.3 Å². The second kappa shape index (κ2) is 7.36. The Labute approximate surface area is 139 Å². The Kier molecular flexibility index (Phi) is 6.30. The molecule has 0 heterocycles. The monoisotopic (exact) mass is 325 g/mol. The molecule has 0 bridgehead atoms. The van der Waals surface area contributed by atoms with E-state index in [0.717, 1.165) is 12.1 Å². The number of esters is 1. The van der Waals surface area contributed by atoms with Gasteiger partial charge in [0.05, 0.1) is 0 Å². The highest BCUT2D eigenvalue weighted by Gasteiger charge is 2.26. The fraction of sp³-hybridized carbons (Fsp3) is 0.611. The minimum atomic E-state index is -0.493. The molecule has 0 amide bonds. The minimum Gasteiger partial charge on any atom is -0.458 e. The smallest absolute Gasteiger partial charge is 0.329 e. The zero-order valence-electron chi connectivity index (χ0n) is 14.5. The molecule has 0 fully saturated rings. The van der Waals surface area contributed by atoms with Crippen molar-refractivity contribution in [2.75, 3.05) is 5.32 Å². The molecule has 1 aromatic carbocycles. The molecule has 0 aliphatic heterocycles. The number of benzene rings is 1. The third-order valence-electron chi connectivity index (χ3n) is 3.04. The van der Waals surface area contributed by atoms with Crippen molar-refractivity contribution >= 4 is 23.3 Å². The van der Waals surface area contributed by atoms with Crippen LogP contribution in [-0.4, -0.2) is 17.6 Å². The maximum absolute atomic E-state index is 12.4. The largest absolute Gasteiger partial charge is 0.458 e. The van der Waals surface area contributed by atoms with Crippen LogP contribution in [0.5, 0.6) is 0 Å². The Hall–Kier alpha value is -1.22. The van der Waals surface area contributed by atoms with E-state index in [0.29, 0.717) is 11.4 Å². The number of carbonyl (C=O) groups is 1. The highest BCUT2D eigenvalue weighted by molar-refractivity contribution is 6.30. The molecule has 124 valence electrons. The maximum Gasteiger partial charge on any atom is 0.329 e. The highest BCUT2D eigenvalue weighted by atomic mass is 35.5. The van der Waals surface area contributed by atoms with Gasteiger partial charge >= 0.3 is 5.97 Å². The van der Waals surface area contributed by atoms with E-state index in [2.05, 4.69) is 26.1 Å². The number of anilines is 1. The van der Waals surface area contributed by atoms with E-state index in [4.69, 9.17) is 16.3 Å². The Bertz CT molecular complexity index is 501. The molecule has 1 aromatic rings. The molecular weight excluding hydrogens is 298 g/mol. The molecule has 0 spiro atoms. The van der Waals surface area contributed by atoms with Gasteiger partial charge in [0.1, 0.15) is 11.6 Å². The molecular formula is C18H28ClNO2. The zero-order chi connectivity index (χ0) is 17.0. The van der Waals surface area contributed by atoms with E-state index < -0.39 is 5.60 Å². The average molecular weight is 326 g/mol. The molecule has 0 saturated carbocycles. The molecule has 1 N–H and O–H groups in total. The van der Waals surface area contributed by atoms with Crippen LogP contribution < -0.4 is 5.32 Å². The van der Waals surface area contributed by atoms with Crippen LogP contribution in [-0.2, 0) is 9.53 Å². The van der Waals surface area contributed by atoms with Crippen LogP contribution in [0.3, 0.4) is 0 Å². The Morgan fingerprint density at radius 3 is 2.36 bits per heavy atom. The van der Waals surface area contributed by atoms with Gasteiger partial charge in [-0.3, -0.25) is 0 Å². The maximum atomic E-state index is 12.4. The lowest BCUT2D eigenvalue weighted by Gasteiger charge is -2.27. The summed E-state index contributed by atoms with van der Waals surface area (Å²) in [5, 5.41) is 3.90. The van der Waals surface area contributed by atoms with Gasteiger partial charge in [0.15, 0.2) is 0 Å². The lowest BCUT2D eigenvalue weighted by atomic mass is 9.88. The molecule has 0 saturated heterocycles. The van der Waals surface area contributed by atoms with Crippen LogP contribution >= 0.6 is 11.6 Å². The number of hydrogen-bond acceptors (Lipinski definition) is 3. The summed E-state index contributed by atoms with van der Waals surface area (Å²) in [5.41, 5.74) is 0.501. The molecule has 3 nitrogen and oxygen atoms in total. The third-order valence-corrected chi connectivity index (χ3v) is 3.27. The van der Waals surface area contributed by atoms with Crippen molar-refractivity contribution in [3.63, 3.8) is 0 Å². The fourth-order valence-electron chi connectivity index (χ4n) is 1.98. The Morgan fingerprint density at radius 1 is 1.23 bits per heavy atom. The summed E-state index contributed by atoms with van der Waals surface area (Å²) in [6.07, 6.45) is 1.63. The van der Waals surface area contributed by atoms with Crippen molar-refractivity contribution < 1.29 is 9.53 Å². The van der Waals surface area contributed by atoms with E-state index in [9.17, 15) is 4.79 Å². The van der Waals surface area contributed by atoms with E-state index in [1.165, 1.54) is 0 Å². The van der Waals surface area contributed by atoms with Crippen LogP contribution in [0.25, 0.3) is 0 Å². The van der Waals surface area contributed by atoms with Gasteiger partial charge in [0, 0.05) is 10.7 Å². The summed E-state index contributed by atoms with van der Waals surface area (Å²) in [6.45, 7) is 12.1. The average Bonchev–Trinajstić information content (AvgIpc) is 2.31. The number of hydrogen-bond donors (Lipinski definition) is 1. The number of nitrogens with one attached hydrogen (secondary N) is 1.